The molecule has 0 spiro atoms. The molecule has 2 aromatic carbocycles. The molecule has 2 aromatic heterocycles. The fraction of sp³-hybridized carbons (Fsp3) is 0.200. The predicted octanol–water partition coefficient (Wildman–Crippen LogP) is 6.06. The highest BCUT2D eigenvalue weighted by Crippen LogP contribution is 2.43. The van der Waals surface area contributed by atoms with E-state index in [0.717, 1.165) is 22.6 Å². The van der Waals surface area contributed by atoms with Crippen LogP contribution in [0.1, 0.15) is 54.1 Å². The molecule has 0 amide bonds. The Morgan fingerprint density at radius 2 is 1.90 bits per heavy atom. The lowest BCUT2D eigenvalue weighted by Gasteiger charge is -2.14. The summed E-state index contributed by atoms with van der Waals surface area (Å²) < 4.78 is 22.5. The van der Waals surface area contributed by atoms with Gasteiger partial charge in [-0.2, -0.15) is 0 Å². The van der Waals surface area contributed by atoms with Crippen molar-refractivity contribution in [3.63, 3.8) is 0 Å². The molecule has 1 atom stereocenters. The molecule has 1 fully saturated rings. The van der Waals surface area contributed by atoms with Crippen molar-refractivity contribution in [3.05, 3.63) is 95.4 Å². The van der Waals surface area contributed by atoms with Gasteiger partial charge in [-0.15, -0.1) is 0 Å². The SMILES string of the molecule is C[C@H]1N=C(c2ccccc2F)c2cc(C3CC3)ccc2-n2cnc(-c3ccco3)c21. The van der Waals surface area contributed by atoms with Crippen LogP contribution in [-0.2, 0) is 0 Å². The maximum Gasteiger partial charge on any atom is 0.154 e. The average Bonchev–Trinajstić information content (AvgIpc) is 3.31. The van der Waals surface area contributed by atoms with Crippen LogP contribution in [0.3, 0.4) is 0 Å². The average molecular weight is 397 g/mol. The molecule has 4 aromatic rings. The lowest BCUT2D eigenvalue weighted by Crippen LogP contribution is -2.09. The minimum atomic E-state index is -0.262. The number of nitrogens with zero attached hydrogens (tertiary/aromatic N) is 3. The summed E-state index contributed by atoms with van der Waals surface area (Å²) in [6, 6.07) is 16.9. The smallest absolute Gasteiger partial charge is 0.154 e. The Labute approximate surface area is 173 Å². The Hall–Kier alpha value is -3.47. The van der Waals surface area contributed by atoms with Crippen LogP contribution in [-0.4, -0.2) is 15.3 Å². The molecule has 1 aliphatic heterocycles. The number of rotatable bonds is 3. The van der Waals surface area contributed by atoms with E-state index in [0.29, 0.717) is 23.0 Å². The molecule has 148 valence electrons. The number of furan rings is 1. The van der Waals surface area contributed by atoms with Gasteiger partial charge in [-0.3, -0.25) is 9.56 Å². The summed E-state index contributed by atoms with van der Waals surface area (Å²) in [6.45, 7) is 2.02. The number of aliphatic imine (C=N–C) groups is 1. The Morgan fingerprint density at radius 1 is 1.03 bits per heavy atom. The second-order valence-corrected chi connectivity index (χ2v) is 8.01. The molecule has 3 heterocycles. The standard InChI is InChI=1S/C25H20FN3O/c1-15-25-24(22-7-4-12-30-22)27-14-29(25)21-11-10-17(16-8-9-16)13-19(21)23(28-15)18-5-2-3-6-20(18)26/h2-7,10-16H,8-9H2,1H3/t15-/m1/s1. The van der Waals surface area contributed by atoms with Crippen LogP contribution in [0.2, 0.25) is 0 Å². The number of benzene rings is 2. The first-order valence-electron chi connectivity index (χ1n) is 10.3. The first-order chi connectivity index (χ1) is 14.7. The molecule has 5 heteroatoms. The number of halogens is 1. The van der Waals surface area contributed by atoms with Crippen molar-refractivity contribution in [3.8, 4) is 17.1 Å². The number of aromatic nitrogens is 2. The molecule has 1 aliphatic carbocycles. The van der Waals surface area contributed by atoms with E-state index < -0.39 is 0 Å². The minimum absolute atomic E-state index is 0.223. The van der Waals surface area contributed by atoms with Gasteiger partial charge in [0.05, 0.1) is 29.4 Å². The molecule has 6 rings (SSSR count). The van der Waals surface area contributed by atoms with Crippen LogP contribution < -0.4 is 0 Å². The molecule has 0 bridgehead atoms. The lowest BCUT2D eigenvalue weighted by molar-refractivity contribution is 0.578. The maximum atomic E-state index is 14.8. The monoisotopic (exact) mass is 397 g/mol. The Morgan fingerprint density at radius 3 is 2.67 bits per heavy atom. The summed E-state index contributed by atoms with van der Waals surface area (Å²) in [5, 5.41) is 0. The van der Waals surface area contributed by atoms with E-state index in [4.69, 9.17) is 9.41 Å². The third kappa shape index (κ3) is 2.65. The maximum absolute atomic E-state index is 14.8. The van der Waals surface area contributed by atoms with E-state index in [-0.39, 0.29) is 11.9 Å². The van der Waals surface area contributed by atoms with E-state index in [9.17, 15) is 4.39 Å². The summed E-state index contributed by atoms with van der Waals surface area (Å²) in [5.74, 6) is 1.04. The fourth-order valence-electron chi connectivity index (χ4n) is 4.37. The zero-order chi connectivity index (χ0) is 20.2. The molecule has 0 saturated heterocycles. The zero-order valence-corrected chi connectivity index (χ0v) is 16.5. The van der Waals surface area contributed by atoms with Crippen LogP contribution in [0.15, 0.2) is 76.6 Å². The van der Waals surface area contributed by atoms with E-state index in [1.165, 1.54) is 24.5 Å². The summed E-state index contributed by atoms with van der Waals surface area (Å²) >= 11 is 0. The van der Waals surface area contributed by atoms with Gasteiger partial charge >= 0.3 is 0 Å². The number of fused-ring (bicyclic) bond motifs is 3. The number of hydrogen-bond donors (Lipinski definition) is 0. The molecule has 0 unspecified atom stereocenters. The summed E-state index contributed by atoms with van der Waals surface area (Å²) in [5.41, 5.74) is 6.12. The van der Waals surface area contributed by atoms with Gasteiger partial charge in [-0.05, 0) is 67.6 Å². The van der Waals surface area contributed by atoms with Gasteiger partial charge in [0.1, 0.15) is 17.8 Å². The quantitative estimate of drug-likeness (QED) is 0.422. The third-order valence-corrected chi connectivity index (χ3v) is 5.99. The topological polar surface area (TPSA) is 43.3 Å². The highest BCUT2D eigenvalue weighted by atomic mass is 19.1. The first kappa shape index (κ1) is 17.4. The van der Waals surface area contributed by atoms with Gasteiger partial charge in [0.2, 0.25) is 0 Å². The van der Waals surface area contributed by atoms with Gasteiger partial charge in [0, 0.05) is 11.1 Å². The molecular weight excluding hydrogens is 377 g/mol. The molecule has 0 radical (unpaired) electrons. The van der Waals surface area contributed by atoms with Gasteiger partial charge in [0.15, 0.2) is 5.76 Å². The molecule has 2 aliphatic rings. The van der Waals surface area contributed by atoms with Crippen molar-refractivity contribution in [1.29, 1.82) is 0 Å². The molecule has 30 heavy (non-hydrogen) atoms. The Bertz CT molecular complexity index is 1280. The highest BCUT2D eigenvalue weighted by Gasteiger charge is 2.30. The van der Waals surface area contributed by atoms with E-state index in [1.807, 2.05) is 31.5 Å². The summed E-state index contributed by atoms with van der Waals surface area (Å²) in [7, 11) is 0. The highest BCUT2D eigenvalue weighted by molar-refractivity contribution is 6.15. The normalized spacial score (nSPS) is 17.8. The summed E-state index contributed by atoms with van der Waals surface area (Å²) in [4.78, 5) is 9.67. The predicted molar refractivity (Wildman–Crippen MR) is 114 cm³/mol. The largest absolute Gasteiger partial charge is 0.463 e. The van der Waals surface area contributed by atoms with Crippen LogP contribution in [0, 0.1) is 5.82 Å². The Balaban J connectivity index is 1.63. The molecular formula is C25H20FN3O. The van der Waals surface area contributed by atoms with Crippen molar-refractivity contribution in [2.45, 2.75) is 31.7 Å². The fourth-order valence-corrected chi connectivity index (χ4v) is 4.37. The lowest BCUT2D eigenvalue weighted by atomic mass is 9.96. The second-order valence-electron chi connectivity index (χ2n) is 8.01. The van der Waals surface area contributed by atoms with Crippen LogP contribution >= 0.6 is 0 Å². The van der Waals surface area contributed by atoms with Crippen LogP contribution in [0.25, 0.3) is 17.1 Å². The van der Waals surface area contributed by atoms with Gasteiger partial charge < -0.3 is 4.42 Å². The minimum Gasteiger partial charge on any atom is -0.463 e. The van der Waals surface area contributed by atoms with Crippen molar-refractivity contribution < 1.29 is 8.81 Å². The molecule has 0 N–H and O–H groups in total. The van der Waals surface area contributed by atoms with Crippen molar-refractivity contribution in [1.82, 2.24) is 9.55 Å². The van der Waals surface area contributed by atoms with Gasteiger partial charge in [-0.25, -0.2) is 9.37 Å². The van der Waals surface area contributed by atoms with Crippen molar-refractivity contribution in [2.75, 3.05) is 0 Å². The van der Waals surface area contributed by atoms with Crippen molar-refractivity contribution in [2.24, 2.45) is 4.99 Å². The Kier molecular flexibility index (Phi) is 3.78. The van der Waals surface area contributed by atoms with Crippen LogP contribution in [0.5, 0.6) is 0 Å². The van der Waals surface area contributed by atoms with Crippen molar-refractivity contribution >= 4 is 5.71 Å². The van der Waals surface area contributed by atoms with E-state index in [2.05, 4.69) is 27.8 Å². The second kappa shape index (κ2) is 6.52. The zero-order valence-electron chi connectivity index (χ0n) is 16.5. The molecule has 1 saturated carbocycles. The number of imidazole rings is 1. The summed E-state index contributed by atoms with van der Waals surface area (Å²) in [6.07, 6.45) is 5.88. The number of hydrogen-bond acceptors (Lipinski definition) is 3. The van der Waals surface area contributed by atoms with Crippen LogP contribution in [0.4, 0.5) is 4.39 Å². The van der Waals surface area contributed by atoms with Gasteiger partial charge in [-0.1, -0.05) is 18.2 Å². The van der Waals surface area contributed by atoms with Gasteiger partial charge in [0.25, 0.3) is 0 Å². The third-order valence-electron chi connectivity index (χ3n) is 5.99. The first-order valence-corrected chi connectivity index (χ1v) is 10.3. The molecule has 4 nitrogen and oxygen atoms in total. The van der Waals surface area contributed by atoms with E-state index >= 15 is 0 Å². The van der Waals surface area contributed by atoms with E-state index in [1.54, 1.807) is 18.4 Å².